The quantitative estimate of drug-likeness (QED) is 0.602. The molecule has 1 unspecified atom stereocenters. The number of ether oxygens (including phenoxy) is 2. The molecule has 1 aliphatic heterocycles. The molecule has 0 saturated carbocycles. The van der Waals surface area contributed by atoms with Crippen LogP contribution in [0.15, 0.2) is 48.5 Å². The average molecular weight is 437 g/mol. The normalized spacial score (nSPS) is 15.4. The molecule has 1 aliphatic rings. The van der Waals surface area contributed by atoms with Gasteiger partial charge in [-0.3, -0.25) is 4.90 Å². The van der Waals surface area contributed by atoms with Crippen LogP contribution in [0, 0.1) is 23.0 Å². The van der Waals surface area contributed by atoms with E-state index in [2.05, 4.69) is 16.3 Å². The fourth-order valence-electron chi connectivity index (χ4n) is 4.30. The van der Waals surface area contributed by atoms with E-state index in [4.69, 9.17) is 9.47 Å². The van der Waals surface area contributed by atoms with Crippen LogP contribution in [0.3, 0.4) is 0 Å². The van der Waals surface area contributed by atoms with Crippen LogP contribution >= 0.6 is 0 Å². The van der Waals surface area contributed by atoms with Gasteiger partial charge >= 0.3 is 0 Å². The second kappa shape index (κ2) is 10.0. The highest BCUT2D eigenvalue weighted by Crippen LogP contribution is 2.33. The topological polar surface area (TPSA) is 57.5 Å². The maximum absolute atomic E-state index is 14.7. The number of nitriles is 1. The molecule has 0 aliphatic carbocycles. The van der Waals surface area contributed by atoms with Gasteiger partial charge in [0.15, 0.2) is 11.6 Å². The molecule has 0 radical (unpaired) electrons. The van der Waals surface area contributed by atoms with Crippen molar-refractivity contribution in [2.24, 2.45) is 0 Å². The maximum atomic E-state index is 14.7. The van der Waals surface area contributed by atoms with Gasteiger partial charge in [0, 0.05) is 37.3 Å². The second-order valence-electron chi connectivity index (χ2n) is 7.73. The van der Waals surface area contributed by atoms with Crippen LogP contribution in [0.1, 0.15) is 22.7 Å². The Labute approximate surface area is 186 Å². The number of rotatable bonds is 7. The minimum Gasteiger partial charge on any atom is -0.495 e. The van der Waals surface area contributed by atoms with Crippen molar-refractivity contribution in [2.75, 3.05) is 39.9 Å². The van der Waals surface area contributed by atoms with Crippen molar-refractivity contribution in [1.29, 1.82) is 5.26 Å². The van der Waals surface area contributed by atoms with E-state index in [0.29, 0.717) is 24.4 Å². The first-order chi connectivity index (χ1) is 15.6. The predicted molar refractivity (Wildman–Crippen MR) is 118 cm³/mol. The van der Waals surface area contributed by atoms with Gasteiger partial charge in [-0.15, -0.1) is 0 Å². The summed E-state index contributed by atoms with van der Waals surface area (Å²) in [6, 6.07) is 15.5. The molecular formula is C25H25F2N3O2. The lowest BCUT2D eigenvalue weighted by Gasteiger charge is -2.35. The summed E-state index contributed by atoms with van der Waals surface area (Å²) in [4.78, 5) is 2.11. The Morgan fingerprint density at radius 3 is 2.66 bits per heavy atom. The molecule has 0 bridgehead atoms. The number of benzene rings is 3. The Kier molecular flexibility index (Phi) is 6.96. The number of piperazine rings is 1. The van der Waals surface area contributed by atoms with Gasteiger partial charge < -0.3 is 14.8 Å². The molecule has 1 saturated heterocycles. The molecule has 0 amide bonds. The Morgan fingerprint density at radius 1 is 1.12 bits per heavy atom. The third-order valence-corrected chi connectivity index (χ3v) is 5.88. The van der Waals surface area contributed by atoms with Gasteiger partial charge in [0.05, 0.1) is 31.9 Å². The lowest BCUT2D eigenvalue weighted by atomic mass is 10.00. The lowest BCUT2D eigenvalue weighted by Crippen LogP contribution is -2.46. The number of methoxy groups -OCH3 is 1. The van der Waals surface area contributed by atoms with Crippen molar-refractivity contribution in [2.45, 2.75) is 12.6 Å². The van der Waals surface area contributed by atoms with E-state index in [1.165, 1.54) is 13.2 Å². The van der Waals surface area contributed by atoms with Crippen LogP contribution in [-0.2, 0) is 11.3 Å². The molecule has 0 aromatic heterocycles. The number of hydrogen-bond acceptors (Lipinski definition) is 5. The van der Waals surface area contributed by atoms with Gasteiger partial charge in [0.1, 0.15) is 11.8 Å². The Morgan fingerprint density at radius 2 is 1.91 bits per heavy atom. The molecule has 5 nitrogen and oxygen atoms in total. The molecule has 0 spiro atoms. The van der Waals surface area contributed by atoms with E-state index in [0.717, 1.165) is 35.5 Å². The van der Waals surface area contributed by atoms with Crippen LogP contribution in [0.4, 0.5) is 8.78 Å². The Hall–Kier alpha value is -3.05. The molecule has 4 rings (SSSR count). The highest BCUT2D eigenvalue weighted by atomic mass is 19.2. The van der Waals surface area contributed by atoms with E-state index in [1.54, 1.807) is 12.1 Å². The zero-order valence-electron chi connectivity index (χ0n) is 17.9. The lowest BCUT2D eigenvalue weighted by molar-refractivity contribution is 0.0422. The number of hydrogen-bond donors (Lipinski definition) is 1. The van der Waals surface area contributed by atoms with E-state index >= 15 is 0 Å². The summed E-state index contributed by atoms with van der Waals surface area (Å²) in [5.74, 6) is -1.23. The average Bonchev–Trinajstić information content (AvgIpc) is 2.83. The van der Waals surface area contributed by atoms with Crippen molar-refractivity contribution in [3.05, 3.63) is 76.9 Å². The van der Waals surface area contributed by atoms with Crippen molar-refractivity contribution in [1.82, 2.24) is 10.2 Å². The van der Waals surface area contributed by atoms with Gasteiger partial charge in [0.25, 0.3) is 0 Å². The second-order valence-corrected chi connectivity index (χ2v) is 7.73. The fourth-order valence-corrected chi connectivity index (χ4v) is 4.30. The summed E-state index contributed by atoms with van der Waals surface area (Å²) in [7, 11) is 1.53. The molecule has 7 heteroatoms. The van der Waals surface area contributed by atoms with E-state index in [-0.39, 0.29) is 18.8 Å². The van der Waals surface area contributed by atoms with Crippen molar-refractivity contribution in [3.8, 4) is 11.8 Å². The molecule has 3 aromatic rings. The van der Waals surface area contributed by atoms with E-state index in [9.17, 15) is 14.0 Å². The molecule has 166 valence electrons. The van der Waals surface area contributed by atoms with Crippen LogP contribution in [0.2, 0.25) is 0 Å². The van der Waals surface area contributed by atoms with Gasteiger partial charge in [-0.25, -0.2) is 8.78 Å². The zero-order valence-corrected chi connectivity index (χ0v) is 17.9. The number of nitrogens with one attached hydrogen (secondary N) is 1. The van der Waals surface area contributed by atoms with Crippen molar-refractivity contribution < 1.29 is 18.3 Å². The van der Waals surface area contributed by atoms with Crippen molar-refractivity contribution in [3.63, 3.8) is 0 Å². The third-order valence-electron chi connectivity index (χ3n) is 5.88. The molecule has 32 heavy (non-hydrogen) atoms. The van der Waals surface area contributed by atoms with Crippen LogP contribution < -0.4 is 10.1 Å². The van der Waals surface area contributed by atoms with Gasteiger partial charge in [-0.1, -0.05) is 36.4 Å². The van der Waals surface area contributed by atoms with Gasteiger partial charge in [-0.05, 0) is 22.9 Å². The summed E-state index contributed by atoms with van der Waals surface area (Å²) in [6.07, 6.45) is 0. The summed E-state index contributed by atoms with van der Waals surface area (Å²) in [5, 5.41) is 14.7. The minimum atomic E-state index is -0.864. The molecular weight excluding hydrogens is 412 g/mol. The largest absolute Gasteiger partial charge is 0.495 e. The molecule has 1 heterocycles. The molecule has 1 fully saturated rings. The van der Waals surface area contributed by atoms with E-state index < -0.39 is 17.7 Å². The minimum absolute atomic E-state index is 0.175. The number of halogens is 2. The standard InChI is InChI=1S/C25H25F2N3O2/c1-31-25-18(14-28)13-17-5-2-3-6-19(17)21(25)15-32-16-23(30-11-9-29-10-12-30)20-7-4-8-22(26)24(20)27/h2-8,13,23,29H,9-12,15-16H2,1H3. The molecule has 3 aromatic carbocycles. The maximum Gasteiger partial charge on any atom is 0.163 e. The van der Waals surface area contributed by atoms with Crippen LogP contribution in [0.25, 0.3) is 10.8 Å². The summed E-state index contributed by atoms with van der Waals surface area (Å²) in [5.41, 5.74) is 1.48. The fraction of sp³-hybridized carbons (Fsp3) is 0.320. The Balaban J connectivity index is 1.63. The SMILES string of the molecule is COc1c(C#N)cc2ccccc2c1COCC(c1cccc(F)c1F)N1CCNCC1. The smallest absolute Gasteiger partial charge is 0.163 e. The zero-order chi connectivity index (χ0) is 22.5. The molecule has 1 N–H and O–H groups in total. The van der Waals surface area contributed by atoms with Crippen molar-refractivity contribution >= 4 is 10.8 Å². The summed E-state index contributed by atoms with van der Waals surface area (Å²) < 4.78 is 40.2. The third kappa shape index (κ3) is 4.44. The highest BCUT2D eigenvalue weighted by Gasteiger charge is 2.26. The van der Waals surface area contributed by atoms with Gasteiger partial charge in [0.2, 0.25) is 0 Å². The first kappa shape index (κ1) is 22.2. The van der Waals surface area contributed by atoms with Crippen LogP contribution in [0.5, 0.6) is 5.75 Å². The monoisotopic (exact) mass is 437 g/mol. The first-order valence-corrected chi connectivity index (χ1v) is 10.6. The summed E-state index contributed by atoms with van der Waals surface area (Å²) in [6.45, 7) is 3.32. The van der Waals surface area contributed by atoms with Crippen LogP contribution in [-0.4, -0.2) is 44.8 Å². The van der Waals surface area contributed by atoms with E-state index in [1.807, 2.05) is 24.3 Å². The van der Waals surface area contributed by atoms with Gasteiger partial charge in [-0.2, -0.15) is 5.26 Å². The molecule has 1 atom stereocenters. The highest BCUT2D eigenvalue weighted by molar-refractivity contribution is 5.89. The predicted octanol–water partition coefficient (Wildman–Crippen LogP) is 4.16. The number of nitrogens with zero attached hydrogens (tertiary/aromatic N) is 2. The first-order valence-electron chi connectivity index (χ1n) is 10.6. The Bertz CT molecular complexity index is 1140. The summed E-state index contributed by atoms with van der Waals surface area (Å²) >= 11 is 0. The number of fused-ring (bicyclic) bond motifs is 1.